The third-order valence-corrected chi connectivity index (χ3v) is 3.29. The van der Waals surface area contributed by atoms with E-state index in [2.05, 4.69) is 19.2 Å². The lowest BCUT2D eigenvalue weighted by molar-refractivity contribution is -0.133. The zero-order valence-corrected chi connectivity index (χ0v) is 10.3. The molecular weight excluding hydrogens is 188 g/mol. The van der Waals surface area contributed by atoms with Crippen LogP contribution in [0.3, 0.4) is 0 Å². The first-order valence-corrected chi connectivity index (χ1v) is 5.97. The van der Waals surface area contributed by atoms with Crippen molar-refractivity contribution < 1.29 is 4.79 Å². The van der Waals surface area contributed by atoms with Gasteiger partial charge in [0.25, 0.3) is 0 Å². The van der Waals surface area contributed by atoms with E-state index in [1.807, 2.05) is 11.9 Å². The van der Waals surface area contributed by atoms with Gasteiger partial charge in [-0.3, -0.25) is 4.79 Å². The molecule has 0 aliphatic carbocycles. The number of nitrogens with zero attached hydrogens (tertiary/aromatic N) is 1. The van der Waals surface area contributed by atoms with E-state index in [-0.39, 0.29) is 0 Å². The summed E-state index contributed by atoms with van der Waals surface area (Å²) < 4.78 is 0. The second kappa shape index (κ2) is 5.50. The Labute approximate surface area is 93.2 Å². The van der Waals surface area contributed by atoms with Gasteiger partial charge in [-0.1, -0.05) is 13.8 Å². The molecule has 1 saturated heterocycles. The van der Waals surface area contributed by atoms with Crippen molar-refractivity contribution in [3.05, 3.63) is 0 Å². The van der Waals surface area contributed by atoms with Crippen LogP contribution in [-0.4, -0.2) is 37.5 Å². The molecule has 15 heavy (non-hydrogen) atoms. The topological polar surface area (TPSA) is 32.3 Å². The van der Waals surface area contributed by atoms with E-state index in [0.29, 0.717) is 17.7 Å². The van der Waals surface area contributed by atoms with Gasteiger partial charge in [-0.15, -0.1) is 0 Å². The van der Waals surface area contributed by atoms with Gasteiger partial charge in [0, 0.05) is 19.5 Å². The molecule has 0 unspecified atom stereocenters. The lowest BCUT2D eigenvalue weighted by Gasteiger charge is -2.37. The third kappa shape index (κ3) is 4.20. The van der Waals surface area contributed by atoms with Crippen molar-refractivity contribution in [2.24, 2.45) is 5.41 Å². The SMILES string of the molecule is CNCCCC(=O)N1CCC(C)(C)CC1. The van der Waals surface area contributed by atoms with E-state index in [0.717, 1.165) is 38.9 Å². The Balaban J connectivity index is 2.24. The molecule has 1 aliphatic rings. The van der Waals surface area contributed by atoms with Crippen LogP contribution in [0.4, 0.5) is 0 Å². The maximum Gasteiger partial charge on any atom is 0.222 e. The molecular formula is C12H24N2O. The molecule has 0 radical (unpaired) electrons. The fourth-order valence-electron chi connectivity index (χ4n) is 1.94. The first-order chi connectivity index (χ1) is 7.05. The Morgan fingerprint density at radius 1 is 1.33 bits per heavy atom. The van der Waals surface area contributed by atoms with Gasteiger partial charge in [0.1, 0.15) is 0 Å². The molecule has 0 aromatic carbocycles. The maximum atomic E-state index is 11.8. The summed E-state index contributed by atoms with van der Waals surface area (Å²) in [5, 5.41) is 3.07. The number of hydrogen-bond donors (Lipinski definition) is 1. The Kier molecular flexibility index (Phi) is 4.58. The minimum Gasteiger partial charge on any atom is -0.343 e. The Bertz CT molecular complexity index is 204. The van der Waals surface area contributed by atoms with E-state index in [4.69, 9.17) is 0 Å². The first kappa shape index (κ1) is 12.5. The fraction of sp³-hybridized carbons (Fsp3) is 0.917. The molecule has 0 aromatic heterocycles. The molecule has 3 heteroatoms. The van der Waals surface area contributed by atoms with Gasteiger partial charge >= 0.3 is 0 Å². The monoisotopic (exact) mass is 212 g/mol. The third-order valence-electron chi connectivity index (χ3n) is 3.29. The highest BCUT2D eigenvalue weighted by Crippen LogP contribution is 2.29. The van der Waals surface area contributed by atoms with Crippen LogP contribution in [0.5, 0.6) is 0 Å². The molecule has 1 N–H and O–H groups in total. The van der Waals surface area contributed by atoms with Gasteiger partial charge in [0.05, 0.1) is 0 Å². The van der Waals surface area contributed by atoms with Crippen molar-refractivity contribution in [3.63, 3.8) is 0 Å². The molecule has 0 aromatic rings. The Morgan fingerprint density at radius 2 is 1.93 bits per heavy atom. The predicted molar refractivity (Wildman–Crippen MR) is 62.8 cm³/mol. The first-order valence-electron chi connectivity index (χ1n) is 5.97. The van der Waals surface area contributed by atoms with Crippen LogP contribution in [0.15, 0.2) is 0 Å². The normalized spacial score (nSPS) is 20.3. The lowest BCUT2D eigenvalue weighted by Crippen LogP contribution is -2.41. The maximum absolute atomic E-state index is 11.8. The van der Waals surface area contributed by atoms with Gasteiger partial charge in [-0.2, -0.15) is 0 Å². The number of likely N-dealkylation sites (tertiary alicyclic amines) is 1. The predicted octanol–water partition coefficient (Wildman–Crippen LogP) is 1.63. The van der Waals surface area contributed by atoms with Crippen LogP contribution in [0, 0.1) is 5.41 Å². The number of hydrogen-bond acceptors (Lipinski definition) is 2. The van der Waals surface area contributed by atoms with Crippen molar-refractivity contribution in [2.45, 2.75) is 39.5 Å². The molecule has 88 valence electrons. The average molecular weight is 212 g/mol. The molecule has 1 aliphatic heterocycles. The van der Waals surface area contributed by atoms with Crippen LogP contribution in [0.25, 0.3) is 0 Å². The summed E-state index contributed by atoms with van der Waals surface area (Å²) in [6, 6.07) is 0. The van der Waals surface area contributed by atoms with Crippen molar-refractivity contribution in [3.8, 4) is 0 Å². The molecule has 0 saturated carbocycles. The van der Waals surface area contributed by atoms with Gasteiger partial charge in [-0.05, 0) is 38.3 Å². The van der Waals surface area contributed by atoms with Crippen LogP contribution < -0.4 is 5.32 Å². The number of rotatable bonds is 4. The van der Waals surface area contributed by atoms with Crippen molar-refractivity contribution in [1.82, 2.24) is 10.2 Å². The highest BCUT2D eigenvalue weighted by Gasteiger charge is 2.27. The van der Waals surface area contributed by atoms with Crippen molar-refractivity contribution >= 4 is 5.91 Å². The van der Waals surface area contributed by atoms with Crippen LogP contribution in [-0.2, 0) is 4.79 Å². The quantitative estimate of drug-likeness (QED) is 0.718. The molecule has 1 amide bonds. The molecule has 3 nitrogen and oxygen atoms in total. The Hall–Kier alpha value is -0.570. The van der Waals surface area contributed by atoms with E-state index in [1.54, 1.807) is 0 Å². The van der Waals surface area contributed by atoms with Crippen molar-refractivity contribution in [1.29, 1.82) is 0 Å². The molecule has 0 spiro atoms. The number of nitrogens with one attached hydrogen (secondary N) is 1. The van der Waals surface area contributed by atoms with Gasteiger partial charge in [-0.25, -0.2) is 0 Å². The number of carbonyl (C=O) groups excluding carboxylic acids is 1. The van der Waals surface area contributed by atoms with Gasteiger partial charge in [0.2, 0.25) is 5.91 Å². The van der Waals surface area contributed by atoms with Crippen LogP contribution in [0.1, 0.15) is 39.5 Å². The molecule has 1 fully saturated rings. The van der Waals surface area contributed by atoms with Crippen LogP contribution >= 0.6 is 0 Å². The highest BCUT2D eigenvalue weighted by molar-refractivity contribution is 5.76. The zero-order chi connectivity index (χ0) is 11.3. The summed E-state index contributed by atoms with van der Waals surface area (Å²) in [5.74, 6) is 0.334. The van der Waals surface area contributed by atoms with E-state index >= 15 is 0 Å². The van der Waals surface area contributed by atoms with Gasteiger partial charge in [0.15, 0.2) is 0 Å². The van der Waals surface area contributed by atoms with Crippen LogP contribution in [0.2, 0.25) is 0 Å². The summed E-state index contributed by atoms with van der Waals surface area (Å²) in [6.45, 7) is 7.41. The zero-order valence-electron chi connectivity index (χ0n) is 10.3. The van der Waals surface area contributed by atoms with E-state index in [1.165, 1.54) is 0 Å². The minimum atomic E-state index is 0.334. The van der Waals surface area contributed by atoms with Gasteiger partial charge < -0.3 is 10.2 Å². The number of carbonyl (C=O) groups is 1. The average Bonchev–Trinajstić information content (AvgIpc) is 2.18. The summed E-state index contributed by atoms with van der Waals surface area (Å²) >= 11 is 0. The van der Waals surface area contributed by atoms with E-state index in [9.17, 15) is 4.79 Å². The lowest BCUT2D eigenvalue weighted by atomic mass is 9.82. The molecule has 1 heterocycles. The van der Waals surface area contributed by atoms with E-state index < -0.39 is 0 Å². The second-order valence-corrected chi connectivity index (χ2v) is 5.25. The largest absolute Gasteiger partial charge is 0.343 e. The smallest absolute Gasteiger partial charge is 0.222 e. The summed E-state index contributed by atoms with van der Waals surface area (Å²) in [5.41, 5.74) is 0.432. The standard InChI is InChI=1S/C12H24N2O/c1-12(2)6-9-14(10-7-12)11(15)5-4-8-13-3/h13H,4-10H2,1-3H3. The molecule has 0 bridgehead atoms. The number of piperidine rings is 1. The highest BCUT2D eigenvalue weighted by atomic mass is 16.2. The summed E-state index contributed by atoms with van der Waals surface area (Å²) in [6.07, 6.45) is 3.94. The summed E-state index contributed by atoms with van der Waals surface area (Å²) in [4.78, 5) is 13.8. The second-order valence-electron chi connectivity index (χ2n) is 5.25. The fourth-order valence-corrected chi connectivity index (χ4v) is 1.94. The minimum absolute atomic E-state index is 0.334. The molecule has 0 atom stereocenters. The molecule has 1 rings (SSSR count). The Morgan fingerprint density at radius 3 is 2.47 bits per heavy atom. The number of amides is 1. The summed E-state index contributed by atoms with van der Waals surface area (Å²) in [7, 11) is 1.92. The van der Waals surface area contributed by atoms with Crippen molar-refractivity contribution in [2.75, 3.05) is 26.7 Å².